The molecule has 3 rings (SSSR count). The number of halogens is 1. The second kappa shape index (κ2) is 7.98. The van der Waals surface area contributed by atoms with E-state index in [2.05, 4.69) is 26.2 Å². The molecule has 128 valence electrons. The van der Waals surface area contributed by atoms with Gasteiger partial charge in [-0.25, -0.2) is 4.79 Å². The third-order valence-corrected chi connectivity index (χ3v) is 4.43. The molecule has 0 saturated heterocycles. The van der Waals surface area contributed by atoms with Crippen LogP contribution in [-0.4, -0.2) is 22.0 Å². The number of nitrogens with zero attached hydrogens (tertiary/aromatic N) is 1. The molecule has 0 spiro atoms. The molecule has 1 amide bonds. The number of imidazole rings is 1. The number of hydrogen-bond acceptors (Lipinski definition) is 2. The molecule has 0 aliphatic carbocycles. The van der Waals surface area contributed by atoms with Crippen LogP contribution in [0.25, 0.3) is 0 Å². The summed E-state index contributed by atoms with van der Waals surface area (Å²) in [6.07, 6.45) is 2.19. The van der Waals surface area contributed by atoms with E-state index < -0.39 is 0 Å². The molecule has 0 bridgehead atoms. The summed E-state index contributed by atoms with van der Waals surface area (Å²) in [5.41, 5.74) is 2.15. The number of aromatic nitrogens is 2. The molecule has 2 N–H and O–H groups in total. The van der Waals surface area contributed by atoms with Gasteiger partial charge in [0.1, 0.15) is 5.69 Å². The summed E-state index contributed by atoms with van der Waals surface area (Å²) in [7, 11) is 0. The first-order chi connectivity index (χ1) is 12.1. The van der Waals surface area contributed by atoms with Gasteiger partial charge in [0.2, 0.25) is 0 Å². The Morgan fingerprint density at radius 2 is 1.76 bits per heavy atom. The Labute approximate surface area is 153 Å². The second-order valence-corrected chi connectivity index (χ2v) is 6.60. The van der Waals surface area contributed by atoms with Gasteiger partial charge < -0.3 is 10.3 Å². The summed E-state index contributed by atoms with van der Waals surface area (Å²) in [6.45, 7) is 0.865. The second-order valence-electron chi connectivity index (χ2n) is 5.68. The minimum absolute atomic E-state index is 0.258. The normalized spacial score (nSPS) is 10.6. The molecule has 6 heteroatoms. The van der Waals surface area contributed by atoms with Crippen molar-refractivity contribution < 1.29 is 4.79 Å². The van der Waals surface area contributed by atoms with Crippen molar-refractivity contribution in [2.45, 2.75) is 13.0 Å². The van der Waals surface area contributed by atoms with E-state index in [1.54, 1.807) is 0 Å². The maximum Gasteiger partial charge on any atom is 0.326 e. The number of H-pyrrole nitrogens is 1. The Balaban J connectivity index is 1.64. The van der Waals surface area contributed by atoms with Gasteiger partial charge in [-0.05, 0) is 29.7 Å². The van der Waals surface area contributed by atoms with Crippen LogP contribution in [0, 0.1) is 0 Å². The predicted octanol–water partition coefficient (Wildman–Crippen LogP) is 2.96. The highest BCUT2D eigenvalue weighted by atomic mass is 79.9. The summed E-state index contributed by atoms with van der Waals surface area (Å²) in [4.78, 5) is 27.0. The van der Waals surface area contributed by atoms with Gasteiger partial charge in [-0.15, -0.1) is 0 Å². The molecule has 1 heterocycles. The van der Waals surface area contributed by atoms with Gasteiger partial charge in [0.15, 0.2) is 0 Å². The van der Waals surface area contributed by atoms with E-state index in [4.69, 9.17) is 0 Å². The van der Waals surface area contributed by atoms with Crippen LogP contribution in [0.2, 0.25) is 0 Å². The summed E-state index contributed by atoms with van der Waals surface area (Å²) >= 11 is 3.40. The van der Waals surface area contributed by atoms with Crippen LogP contribution in [0.4, 0.5) is 0 Å². The Hall–Kier alpha value is -2.60. The lowest BCUT2D eigenvalue weighted by Gasteiger charge is -2.08. The van der Waals surface area contributed by atoms with Gasteiger partial charge in [-0.2, -0.15) is 0 Å². The maximum absolute atomic E-state index is 12.4. The number of benzene rings is 2. The molecule has 2 aromatic carbocycles. The van der Waals surface area contributed by atoms with Crippen LogP contribution in [-0.2, 0) is 13.0 Å². The van der Waals surface area contributed by atoms with Gasteiger partial charge in [0, 0.05) is 17.2 Å². The molecule has 5 nitrogen and oxygen atoms in total. The van der Waals surface area contributed by atoms with Gasteiger partial charge in [-0.3, -0.25) is 9.36 Å². The first-order valence-electron chi connectivity index (χ1n) is 7.98. The van der Waals surface area contributed by atoms with E-state index >= 15 is 0 Å². The minimum atomic E-state index is -0.290. The van der Waals surface area contributed by atoms with E-state index in [1.807, 2.05) is 54.6 Å². The standard InChI is InChI=1S/C19H18BrN3O2/c20-16-8-6-14(7-9-16)10-11-21-18(24)17-12-22-19(25)23(17)13-15-4-2-1-3-5-15/h1-9,12H,10-11,13H2,(H,21,24)(H,22,25). The van der Waals surface area contributed by atoms with E-state index in [1.165, 1.54) is 10.8 Å². The Morgan fingerprint density at radius 3 is 2.48 bits per heavy atom. The highest BCUT2D eigenvalue weighted by Gasteiger charge is 2.14. The van der Waals surface area contributed by atoms with Crippen LogP contribution < -0.4 is 11.0 Å². The largest absolute Gasteiger partial charge is 0.350 e. The zero-order valence-electron chi connectivity index (χ0n) is 13.5. The van der Waals surface area contributed by atoms with Gasteiger partial charge >= 0.3 is 5.69 Å². The van der Waals surface area contributed by atoms with E-state index in [0.29, 0.717) is 18.8 Å². The lowest BCUT2D eigenvalue weighted by Crippen LogP contribution is -2.30. The van der Waals surface area contributed by atoms with Crippen molar-refractivity contribution in [2.24, 2.45) is 0 Å². The molecular formula is C19H18BrN3O2. The number of aromatic amines is 1. The van der Waals surface area contributed by atoms with Crippen LogP contribution >= 0.6 is 15.9 Å². The number of carbonyl (C=O) groups excluding carboxylic acids is 1. The topological polar surface area (TPSA) is 66.9 Å². The highest BCUT2D eigenvalue weighted by molar-refractivity contribution is 9.10. The minimum Gasteiger partial charge on any atom is -0.350 e. The van der Waals surface area contributed by atoms with Crippen molar-refractivity contribution in [3.05, 3.63) is 92.6 Å². The lowest BCUT2D eigenvalue weighted by atomic mass is 10.1. The molecule has 0 aliphatic heterocycles. The maximum atomic E-state index is 12.4. The Morgan fingerprint density at radius 1 is 1.04 bits per heavy atom. The molecule has 0 radical (unpaired) electrons. The number of rotatable bonds is 6. The van der Waals surface area contributed by atoms with Crippen molar-refractivity contribution >= 4 is 21.8 Å². The van der Waals surface area contributed by atoms with E-state index in [-0.39, 0.29) is 11.6 Å². The van der Waals surface area contributed by atoms with Crippen LogP contribution in [0.15, 0.2) is 70.1 Å². The molecule has 25 heavy (non-hydrogen) atoms. The SMILES string of the molecule is O=C(NCCc1ccc(Br)cc1)c1c[nH]c(=O)n1Cc1ccccc1. The van der Waals surface area contributed by atoms with Gasteiger partial charge in [0.05, 0.1) is 6.54 Å². The third kappa shape index (κ3) is 4.48. The summed E-state index contributed by atoms with van der Waals surface area (Å²) < 4.78 is 2.47. The average molecular weight is 400 g/mol. The van der Waals surface area contributed by atoms with Crippen LogP contribution in [0.1, 0.15) is 21.6 Å². The number of nitrogens with one attached hydrogen (secondary N) is 2. The summed E-state index contributed by atoms with van der Waals surface area (Å²) in [5, 5.41) is 2.87. The first-order valence-corrected chi connectivity index (χ1v) is 8.77. The zero-order valence-corrected chi connectivity index (χ0v) is 15.1. The molecule has 0 atom stereocenters. The number of amides is 1. The number of hydrogen-bond donors (Lipinski definition) is 2. The molecule has 0 saturated carbocycles. The fraction of sp³-hybridized carbons (Fsp3) is 0.158. The molecule has 1 aromatic heterocycles. The molecular weight excluding hydrogens is 382 g/mol. The summed E-state index contributed by atoms with van der Waals surface area (Å²) in [5.74, 6) is -0.258. The van der Waals surface area contributed by atoms with Gasteiger partial charge in [0.25, 0.3) is 5.91 Å². The zero-order chi connectivity index (χ0) is 17.6. The van der Waals surface area contributed by atoms with Crippen molar-refractivity contribution in [3.63, 3.8) is 0 Å². The van der Waals surface area contributed by atoms with Crippen molar-refractivity contribution in [3.8, 4) is 0 Å². The predicted molar refractivity (Wildman–Crippen MR) is 101 cm³/mol. The summed E-state index contributed by atoms with van der Waals surface area (Å²) in [6, 6.07) is 17.6. The fourth-order valence-corrected chi connectivity index (χ4v) is 2.83. The lowest BCUT2D eigenvalue weighted by molar-refractivity contribution is 0.0945. The Bertz CT molecular complexity index is 898. The average Bonchev–Trinajstić information content (AvgIpc) is 2.98. The Kier molecular flexibility index (Phi) is 5.50. The highest BCUT2D eigenvalue weighted by Crippen LogP contribution is 2.10. The smallest absolute Gasteiger partial charge is 0.326 e. The van der Waals surface area contributed by atoms with Crippen molar-refractivity contribution in [2.75, 3.05) is 6.54 Å². The molecule has 0 fully saturated rings. The van der Waals surface area contributed by atoms with Crippen molar-refractivity contribution in [1.82, 2.24) is 14.9 Å². The molecule has 0 aliphatic rings. The van der Waals surface area contributed by atoms with E-state index in [9.17, 15) is 9.59 Å². The van der Waals surface area contributed by atoms with Crippen LogP contribution in [0.3, 0.4) is 0 Å². The quantitative estimate of drug-likeness (QED) is 0.668. The van der Waals surface area contributed by atoms with Gasteiger partial charge in [-0.1, -0.05) is 58.4 Å². The number of carbonyl (C=O) groups is 1. The molecule has 3 aromatic rings. The van der Waals surface area contributed by atoms with Crippen LogP contribution in [0.5, 0.6) is 0 Å². The monoisotopic (exact) mass is 399 g/mol. The third-order valence-electron chi connectivity index (χ3n) is 3.90. The fourth-order valence-electron chi connectivity index (χ4n) is 2.57. The molecule has 0 unspecified atom stereocenters. The van der Waals surface area contributed by atoms with E-state index in [0.717, 1.165) is 22.0 Å². The van der Waals surface area contributed by atoms with Crippen molar-refractivity contribution in [1.29, 1.82) is 0 Å². The first kappa shape index (κ1) is 17.2.